The van der Waals surface area contributed by atoms with Crippen molar-refractivity contribution in [3.63, 3.8) is 0 Å². The van der Waals surface area contributed by atoms with Crippen LogP contribution in [0.25, 0.3) is 0 Å². The number of nitrogens with zero attached hydrogens (tertiary/aromatic N) is 1. The van der Waals surface area contributed by atoms with Crippen LogP contribution in [-0.4, -0.2) is 36.4 Å². The lowest BCUT2D eigenvalue weighted by molar-refractivity contribution is -0.140. The van der Waals surface area contributed by atoms with Gasteiger partial charge in [0.05, 0.1) is 13.5 Å². The normalized spacial score (nSPS) is 11.6. The Balaban J connectivity index is 2.20. The number of unbranched alkanes of at least 4 members (excludes halogenated alkanes) is 1. The highest BCUT2D eigenvalue weighted by Gasteiger charge is 2.26. The Kier molecular flexibility index (Phi) is 9.00. The summed E-state index contributed by atoms with van der Waals surface area (Å²) < 4.78 is 5.28. The molecule has 0 saturated carbocycles. The van der Waals surface area contributed by atoms with Crippen LogP contribution in [0, 0.1) is 0 Å². The second kappa shape index (κ2) is 11.5. The average Bonchev–Trinajstić information content (AvgIpc) is 2.71. The van der Waals surface area contributed by atoms with Crippen LogP contribution in [0.1, 0.15) is 37.8 Å². The molecule has 29 heavy (non-hydrogen) atoms. The largest absolute Gasteiger partial charge is 0.497 e. The number of hydrogen-bond acceptors (Lipinski definition) is 3. The van der Waals surface area contributed by atoms with Crippen molar-refractivity contribution >= 4 is 23.4 Å². The van der Waals surface area contributed by atoms with E-state index in [1.807, 2.05) is 36.4 Å². The summed E-state index contributed by atoms with van der Waals surface area (Å²) in [5, 5.41) is 3.50. The highest BCUT2D eigenvalue weighted by molar-refractivity contribution is 6.30. The first kappa shape index (κ1) is 22.8. The molecule has 0 saturated heterocycles. The predicted molar refractivity (Wildman–Crippen MR) is 116 cm³/mol. The van der Waals surface area contributed by atoms with Gasteiger partial charge in [0.2, 0.25) is 11.8 Å². The molecule has 0 heterocycles. The molecule has 2 aromatic rings. The van der Waals surface area contributed by atoms with Gasteiger partial charge in [-0.2, -0.15) is 0 Å². The molecular weight excluding hydrogens is 388 g/mol. The van der Waals surface area contributed by atoms with E-state index in [0.717, 1.165) is 24.0 Å². The third kappa shape index (κ3) is 7.09. The van der Waals surface area contributed by atoms with Gasteiger partial charge in [0, 0.05) is 18.1 Å². The lowest BCUT2D eigenvalue weighted by Gasteiger charge is -2.29. The fourth-order valence-corrected chi connectivity index (χ4v) is 3.22. The van der Waals surface area contributed by atoms with Gasteiger partial charge < -0.3 is 15.0 Å². The maximum absolute atomic E-state index is 13.1. The van der Waals surface area contributed by atoms with E-state index in [1.165, 1.54) is 0 Å². The molecule has 0 fully saturated rings. The number of nitrogens with one attached hydrogen (secondary N) is 1. The summed E-state index contributed by atoms with van der Waals surface area (Å²) in [6.07, 6.45) is 2.08. The van der Waals surface area contributed by atoms with Gasteiger partial charge in [-0.25, -0.2) is 0 Å². The predicted octanol–water partition coefficient (Wildman–Crippen LogP) is 4.22. The number of rotatable bonds is 10. The van der Waals surface area contributed by atoms with Crippen LogP contribution in [0.4, 0.5) is 0 Å². The van der Waals surface area contributed by atoms with Crippen molar-refractivity contribution in [3.05, 3.63) is 64.7 Å². The number of benzene rings is 2. The molecule has 0 radical (unpaired) electrons. The number of carbonyl (C=O) groups is 2. The van der Waals surface area contributed by atoms with E-state index in [9.17, 15) is 9.59 Å². The van der Waals surface area contributed by atoms with Gasteiger partial charge in [-0.15, -0.1) is 0 Å². The third-order valence-corrected chi connectivity index (χ3v) is 4.96. The molecule has 0 bridgehead atoms. The maximum atomic E-state index is 13.1. The van der Waals surface area contributed by atoms with Crippen LogP contribution in [0.5, 0.6) is 5.75 Å². The molecule has 0 aromatic heterocycles. The van der Waals surface area contributed by atoms with Gasteiger partial charge in [-0.05, 0) is 48.7 Å². The van der Waals surface area contributed by atoms with Crippen molar-refractivity contribution in [1.29, 1.82) is 0 Å². The number of ether oxygens (including phenoxy) is 1. The Hall–Kier alpha value is -2.53. The van der Waals surface area contributed by atoms with E-state index in [2.05, 4.69) is 12.2 Å². The topological polar surface area (TPSA) is 58.6 Å². The molecule has 2 aromatic carbocycles. The van der Waals surface area contributed by atoms with Crippen LogP contribution >= 0.6 is 11.6 Å². The highest BCUT2D eigenvalue weighted by atomic mass is 35.5. The summed E-state index contributed by atoms with van der Waals surface area (Å²) in [6.45, 7) is 4.75. The van der Waals surface area contributed by atoms with Crippen molar-refractivity contribution in [2.75, 3.05) is 13.7 Å². The van der Waals surface area contributed by atoms with Crippen molar-refractivity contribution in [2.24, 2.45) is 0 Å². The van der Waals surface area contributed by atoms with Crippen molar-refractivity contribution in [2.45, 2.75) is 45.7 Å². The molecule has 0 aliphatic heterocycles. The standard InChI is InChI=1S/C23H29ClN2O3/c1-4-5-12-25-23(28)17(2)26(16-19-9-7-11-21(14-19)29-3)22(27)15-18-8-6-10-20(24)13-18/h6-11,13-14,17H,4-5,12,15-16H2,1-3H3,(H,25,28). The van der Waals surface area contributed by atoms with Gasteiger partial charge in [-0.1, -0.05) is 49.2 Å². The van der Waals surface area contributed by atoms with E-state index < -0.39 is 6.04 Å². The molecule has 1 unspecified atom stereocenters. The first-order valence-electron chi connectivity index (χ1n) is 9.89. The zero-order valence-electron chi connectivity index (χ0n) is 17.3. The second-order valence-corrected chi connectivity index (χ2v) is 7.44. The molecule has 0 spiro atoms. The molecule has 2 rings (SSSR count). The monoisotopic (exact) mass is 416 g/mol. The highest BCUT2D eigenvalue weighted by Crippen LogP contribution is 2.18. The van der Waals surface area contributed by atoms with E-state index in [1.54, 1.807) is 31.1 Å². The molecule has 6 heteroatoms. The Morgan fingerprint density at radius 3 is 2.55 bits per heavy atom. The lowest BCUT2D eigenvalue weighted by atomic mass is 10.1. The smallest absolute Gasteiger partial charge is 0.242 e. The first-order valence-corrected chi connectivity index (χ1v) is 10.3. The summed E-state index contributed by atoms with van der Waals surface area (Å²) in [5.74, 6) is 0.429. The quantitative estimate of drug-likeness (QED) is 0.590. The van der Waals surface area contributed by atoms with Gasteiger partial charge in [0.1, 0.15) is 11.8 Å². The SMILES string of the molecule is CCCCNC(=O)C(C)N(Cc1cccc(OC)c1)C(=O)Cc1cccc(Cl)c1. The molecular formula is C23H29ClN2O3. The minimum absolute atomic E-state index is 0.131. The number of halogens is 1. The number of hydrogen-bond donors (Lipinski definition) is 1. The zero-order valence-corrected chi connectivity index (χ0v) is 18.0. The van der Waals surface area contributed by atoms with Crippen LogP contribution in [0.15, 0.2) is 48.5 Å². The Labute approximate surface area is 178 Å². The molecule has 2 amide bonds. The van der Waals surface area contributed by atoms with E-state index in [-0.39, 0.29) is 18.2 Å². The summed E-state index contributed by atoms with van der Waals surface area (Å²) in [7, 11) is 1.60. The first-order chi connectivity index (χ1) is 13.9. The van der Waals surface area contributed by atoms with Crippen LogP contribution in [0.2, 0.25) is 5.02 Å². The Bertz CT molecular complexity index is 825. The van der Waals surface area contributed by atoms with Crippen LogP contribution in [0.3, 0.4) is 0 Å². The Morgan fingerprint density at radius 2 is 1.86 bits per heavy atom. The van der Waals surface area contributed by atoms with Crippen LogP contribution < -0.4 is 10.1 Å². The van der Waals surface area contributed by atoms with Crippen molar-refractivity contribution in [3.8, 4) is 5.75 Å². The summed E-state index contributed by atoms with van der Waals surface area (Å²) in [6, 6.07) is 14.2. The fourth-order valence-electron chi connectivity index (χ4n) is 3.01. The third-order valence-electron chi connectivity index (χ3n) is 4.73. The average molecular weight is 417 g/mol. The molecule has 1 atom stereocenters. The van der Waals surface area contributed by atoms with Gasteiger partial charge in [0.15, 0.2) is 0 Å². The van der Waals surface area contributed by atoms with Gasteiger partial charge in [0.25, 0.3) is 0 Å². The zero-order chi connectivity index (χ0) is 21.2. The van der Waals surface area contributed by atoms with E-state index in [4.69, 9.17) is 16.3 Å². The van der Waals surface area contributed by atoms with Gasteiger partial charge >= 0.3 is 0 Å². The van der Waals surface area contributed by atoms with E-state index >= 15 is 0 Å². The molecule has 0 aliphatic rings. The lowest BCUT2D eigenvalue weighted by Crippen LogP contribution is -2.48. The van der Waals surface area contributed by atoms with Crippen molar-refractivity contribution < 1.29 is 14.3 Å². The van der Waals surface area contributed by atoms with Crippen LogP contribution in [-0.2, 0) is 22.6 Å². The van der Waals surface area contributed by atoms with E-state index in [0.29, 0.717) is 23.9 Å². The number of amides is 2. The van der Waals surface area contributed by atoms with Gasteiger partial charge in [-0.3, -0.25) is 9.59 Å². The summed E-state index contributed by atoms with van der Waals surface area (Å²) >= 11 is 6.05. The second-order valence-electron chi connectivity index (χ2n) is 7.00. The minimum atomic E-state index is -0.593. The number of methoxy groups -OCH3 is 1. The molecule has 156 valence electrons. The maximum Gasteiger partial charge on any atom is 0.242 e. The molecule has 0 aliphatic carbocycles. The molecule has 5 nitrogen and oxygen atoms in total. The number of carbonyl (C=O) groups excluding carboxylic acids is 2. The summed E-state index contributed by atoms with van der Waals surface area (Å²) in [5.41, 5.74) is 1.72. The Morgan fingerprint density at radius 1 is 1.14 bits per heavy atom. The summed E-state index contributed by atoms with van der Waals surface area (Å²) in [4.78, 5) is 27.4. The molecule has 1 N–H and O–H groups in total. The van der Waals surface area contributed by atoms with Crippen molar-refractivity contribution in [1.82, 2.24) is 10.2 Å². The fraction of sp³-hybridized carbons (Fsp3) is 0.391. The minimum Gasteiger partial charge on any atom is -0.497 e.